The van der Waals surface area contributed by atoms with Crippen LogP contribution < -0.4 is 5.32 Å². The van der Waals surface area contributed by atoms with E-state index in [0.717, 1.165) is 17.1 Å². The van der Waals surface area contributed by atoms with E-state index in [1.54, 1.807) is 10.7 Å². The molecule has 0 radical (unpaired) electrons. The number of para-hydroxylation sites is 2. The van der Waals surface area contributed by atoms with E-state index in [0.29, 0.717) is 15.7 Å². The summed E-state index contributed by atoms with van der Waals surface area (Å²) in [6.07, 6.45) is 0. The number of carbonyl (C=O) groups excluding carboxylic acids is 1. The molecule has 0 fully saturated rings. The number of anilines is 1. The second kappa shape index (κ2) is 6.57. The molecule has 4 nitrogen and oxygen atoms in total. The molecule has 0 saturated heterocycles. The zero-order valence-electron chi connectivity index (χ0n) is 13.2. The molecule has 122 valence electrons. The Bertz CT molecular complexity index is 920. The number of hydrogen-bond acceptors (Lipinski definition) is 2. The molecule has 0 aliphatic rings. The maximum Gasteiger partial charge on any atom is 0.256 e. The topological polar surface area (TPSA) is 46.9 Å². The summed E-state index contributed by atoms with van der Waals surface area (Å²) in [7, 11) is 0. The highest BCUT2D eigenvalue weighted by atomic mass is 79.9. The van der Waals surface area contributed by atoms with Gasteiger partial charge in [-0.1, -0.05) is 12.1 Å². The molecule has 0 atom stereocenters. The lowest BCUT2D eigenvalue weighted by Gasteiger charge is -2.13. The van der Waals surface area contributed by atoms with Crippen molar-refractivity contribution in [3.05, 3.63) is 75.8 Å². The third-order valence-electron chi connectivity index (χ3n) is 3.57. The number of benzene rings is 2. The molecular formula is C18H15BrFN3O. The van der Waals surface area contributed by atoms with Gasteiger partial charge in [-0.25, -0.2) is 9.07 Å². The van der Waals surface area contributed by atoms with Gasteiger partial charge in [-0.15, -0.1) is 0 Å². The molecule has 3 rings (SSSR count). The lowest BCUT2D eigenvalue weighted by molar-refractivity contribution is 0.102. The summed E-state index contributed by atoms with van der Waals surface area (Å²) in [4.78, 5) is 12.5. The Balaban J connectivity index is 1.96. The highest BCUT2D eigenvalue weighted by Gasteiger charge is 2.14. The van der Waals surface area contributed by atoms with Crippen LogP contribution in [-0.2, 0) is 0 Å². The molecule has 0 bridgehead atoms. The molecule has 0 aliphatic carbocycles. The highest BCUT2D eigenvalue weighted by molar-refractivity contribution is 9.10. The minimum atomic E-state index is -0.401. The molecule has 1 aromatic heterocycles. The second-order valence-electron chi connectivity index (χ2n) is 5.43. The van der Waals surface area contributed by atoms with Gasteiger partial charge in [0.2, 0.25) is 0 Å². The molecule has 1 heterocycles. The van der Waals surface area contributed by atoms with Gasteiger partial charge in [-0.2, -0.15) is 5.10 Å². The van der Waals surface area contributed by atoms with Gasteiger partial charge >= 0.3 is 0 Å². The van der Waals surface area contributed by atoms with Gasteiger partial charge in [0.25, 0.3) is 5.91 Å². The van der Waals surface area contributed by atoms with E-state index in [9.17, 15) is 9.18 Å². The summed E-state index contributed by atoms with van der Waals surface area (Å²) in [5.74, 6) is -0.725. The first-order valence-corrected chi connectivity index (χ1v) is 8.14. The molecule has 1 amide bonds. The van der Waals surface area contributed by atoms with Gasteiger partial charge in [-0.05, 0) is 66.2 Å². The predicted molar refractivity (Wildman–Crippen MR) is 95.1 cm³/mol. The van der Waals surface area contributed by atoms with Crippen LogP contribution in [0.5, 0.6) is 0 Å². The van der Waals surface area contributed by atoms with E-state index >= 15 is 0 Å². The van der Waals surface area contributed by atoms with Crippen LogP contribution in [0, 0.1) is 19.7 Å². The Morgan fingerprint density at radius 3 is 2.58 bits per heavy atom. The lowest BCUT2D eigenvalue weighted by atomic mass is 10.2. The van der Waals surface area contributed by atoms with Crippen molar-refractivity contribution in [3.8, 4) is 5.69 Å². The number of nitrogens with zero attached hydrogens (tertiary/aromatic N) is 2. The van der Waals surface area contributed by atoms with Crippen LogP contribution in [0.2, 0.25) is 0 Å². The van der Waals surface area contributed by atoms with E-state index in [4.69, 9.17) is 0 Å². The zero-order valence-corrected chi connectivity index (χ0v) is 14.8. The van der Waals surface area contributed by atoms with Crippen LogP contribution in [0.4, 0.5) is 10.1 Å². The molecule has 0 spiro atoms. The third kappa shape index (κ3) is 3.23. The average molecular weight is 388 g/mol. The molecular weight excluding hydrogens is 373 g/mol. The van der Waals surface area contributed by atoms with E-state index < -0.39 is 5.82 Å². The molecule has 6 heteroatoms. The van der Waals surface area contributed by atoms with Crippen molar-refractivity contribution in [3.63, 3.8) is 0 Å². The molecule has 0 saturated carbocycles. The Labute approximate surface area is 147 Å². The molecule has 24 heavy (non-hydrogen) atoms. The Hall–Kier alpha value is -2.47. The summed E-state index contributed by atoms with van der Waals surface area (Å²) >= 11 is 3.22. The summed E-state index contributed by atoms with van der Waals surface area (Å²) in [6, 6.07) is 13.3. The Kier molecular flexibility index (Phi) is 4.49. The van der Waals surface area contributed by atoms with Crippen LogP contribution in [0.3, 0.4) is 0 Å². The fourth-order valence-corrected chi connectivity index (χ4v) is 3.03. The number of nitrogens with one attached hydrogen (secondary N) is 1. The number of rotatable bonds is 3. The van der Waals surface area contributed by atoms with Crippen LogP contribution in [0.1, 0.15) is 21.7 Å². The first-order chi connectivity index (χ1) is 11.5. The largest absolute Gasteiger partial charge is 0.320 e. The first kappa shape index (κ1) is 16.4. The third-order valence-corrected chi connectivity index (χ3v) is 4.22. The Morgan fingerprint density at radius 1 is 1.17 bits per heavy atom. The van der Waals surface area contributed by atoms with E-state index in [1.165, 1.54) is 18.2 Å². The van der Waals surface area contributed by atoms with Crippen molar-refractivity contribution < 1.29 is 9.18 Å². The van der Waals surface area contributed by atoms with Crippen molar-refractivity contribution in [2.24, 2.45) is 0 Å². The summed E-state index contributed by atoms with van der Waals surface area (Å²) in [6.45, 7) is 3.87. The quantitative estimate of drug-likeness (QED) is 0.711. The number of halogens is 2. The van der Waals surface area contributed by atoms with Crippen LogP contribution in [0.25, 0.3) is 5.69 Å². The first-order valence-electron chi connectivity index (χ1n) is 7.35. The minimum absolute atomic E-state index is 0.323. The van der Waals surface area contributed by atoms with Crippen LogP contribution >= 0.6 is 15.9 Å². The number of aromatic nitrogens is 2. The van der Waals surface area contributed by atoms with Crippen molar-refractivity contribution in [1.29, 1.82) is 0 Å². The minimum Gasteiger partial charge on any atom is -0.320 e. The number of aryl methyl sites for hydroxylation is 2. The van der Waals surface area contributed by atoms with Gasteiger partial charge in [0, 0.05) is 10.2 Å². The second-order valence-corrected chi connectivity index (χ2v) is 6.29. The molecule has 3 aromatic rings. The summed E-state index contributed by atoms with van der Waals surface area (Å²) in [5, 5.41) is 7.33. The Morgan fingerprint density at radius 2 is 1.92 bits per heavy atom. The fraction of sp³-hybridized carbons (Fsp3) is 0.111. The fourth-order valence-electron chi connectivity index (χ4n) is 2.50. The van der Waals surface area contributed by atoms with Crippen molar-refractivity contribution in [2.45, 2.75) is 13.8 Å². The molecule has 1 N–H and O–H groups in total. The monoisotopic (exact) mass is 387 g/mol. The maximum atomic E-state index is 13.2. The standard InChI is InChI=1S/C18H15BrFN3O/c1-11-9-12(2)23(22-11)17-6-4-3-5-16(17)21-18(24)14-8-7-13(20)10-15(14)19/h3-10H,1-2H3,(H,21,24). The SMILES string of the molecule is Cc1cc(C)n(-c2ccccc2NC(=O)c2ccc(F)cc2Br)n1. The van der Waals surface area contributed by atoms with Crippen LogP contribution in [0.15, 0.2) is 53.0 Å². The lowest BCUT2D eigenvalue weighted by Crippen LogP contribution is -2.15. The zero-order chi connectivity index (χ0) is 17.3. The molecule has 0 unspecified atom stereocenters. The smallest absolute Gasteiger partial charge is 0.256 e. The predicted octanol–water partition coefficient (Wildman–Crippen LogP) is 4.64. The number of carbonyl (C=O) groups is 1. The normalized spacial score (nSPS) is 10.7. The van der Waals surface area contributed by atoms with Gasteiger partial charge in [0.1, 0.15) is 5.82 Å². The molecule has 0 aliphatic heterocycles. The average Bonchev–Trinajstić information content (AvgIpc) is 2.86. The van der Waals surface area contributed by atoms with Gasteiger partial charge < -0.3 is 5.32 Å². The van der Waals surface area contributed by atoms with Gasteiger partial charge in [-0.3, -0.25) is 4.79 Å². The van der Waals surface area contributed by atoms with E-state index in [2.05, 4.69) is 26.3 Å². The summed E-state index contributed by atoms with van der Waals surface area (Å²) in [5.41, 5.74) is 3.63. The number of amides is 1. The van der Waals surface area contributed by atoms with Crippen LogP contribution in [-0.4, -0.2) is 15.7 Å². The van der Waals surface area contributed by atoms with Crippen molar-refractivity contribution in [2.75, 3.05) is 5.32 Å². The van der Waals surface area contributed by atoms with E-state index in [-0.39, 0.29) is 5.91 Å². The van der Waals surface area contributed by atoms with E-state index in [1.807, 2.05) is 38.1 Å². The van der Waals surface area contributed by atoms with Crippen molar-refractivity contribution >= 4 is 27.5 Å². The van der Waals surface area contributed by atoms with Gasteiger partial charge in [0.15, 0.2) is 0 Å². The molecule has 2 aromatic carbocycles. The maximum absolute atomic E-state index is 13.2. The van der Waals surface area contributed by atoms with Crippen molar-refractivity contribution in [1.82, 2.24) is 9.78 Å². The summed E-state index contributed by atoms with van der Waals surface area (Å²) < 4.78 is 15.4. The number of hydrogen-bond donors (Lipinski definition) is 1. The van der Waals surface area contributed by atoms with Gasteiger partial charge in [0.05, 0.1) is 22.6 Å². The highest BCUT2D eigenvalue weighted by Crippen LogP contribution is 2.24.